The number of nitrogens with one attached hydrogen (secondary N) is 1. The Morgan fingerprint density at radius 1 is 1.40 bits per heavy atom. The molecule has 1 heterocycles. The first-order valence-corrected chi connectivity index (χ1v) is 6.95. The van der Waals surface area contributed by atoms with Crippen molar-refractivity contribution < 1.29 is 0 Å². The van der Waals surface area contributed by atoms with Crippen LogP contribution in [0.1, 0.15) is 50.4 Å². The summed E-state index contributed by atoms with van der Waals surface area (Å²) in [5.41, 5.74) is 0. The van der Waals surface area contributed by atoms with Crippen LogP contribution in [-0.4, -0.2) is 6.04 Å². The fourth-order valence-electron chi connectivity index (χ4n) is 2.50. The van der Waals surface area contributed by atoms with Gasteiger partial charge in [0.05, 0.1) is 0 Å². The van der Waals surface area contributed by atoms with Crippen molar-refractivity contribution in [3.63, 3.8) is 0 Å². The van der Waals surface area contributed by atoms with E-state index in [0.29, 0.717) is 6.04 Å². The molecule has 1 nitrogen and oxygen atoms in total. The molecule has 1 N–H and O–H groups in total. The molecule has 0 aromatic carbocycles. The fourth-order valence-corrected chi connectivity index (χ4v) is 3.25. The van der Waals surface area contributed by atoms with E-state index in [4.69, 9.17) is 0 Å². The Morgan fingerprint density at radius 2 is 2.20 bits per heavy atom. The van der Waals surface area contributed by atoms with Crippen molar-refractivity contribution in [2.24, 2.45) is 5.92 Å². The summed E-state index contributed by atoms with van der Waals surface area (Å²) in [6.07, 6.45) is 5.58. The molecule has 15 heavy (non-hydrogen) atoms. The zero-order chi connectivity index (χ0) is 10.7. The van der Waals surface area contributed by atoms with Crippen molar-refractivity contribution in [3.8, 4) is 0 Å². The smallest absolute Gasteiger partial charge is 0.0388 e. The average molecular weight is 223 g/mol. The van der Waals surface area contributed by atoms with Gasteiger partial charge in [-0.05, 0) is 37.1 Å². The van der Waals surface area contributed by atoms with Gasteiger partial charge >= 0.3 is 0 Å². The molecule has 0 aliphatic heterocycles. The molecule has 0 radical (unpaired) electrons. The first-order valence-electron chi connectivity index (χ1n) is 6.07. The maximum atomic E-state index is 3.78. The van der Waals surface area contributed by atoms with Crippen LogP contribution in [0, 0.1) is 5.92 Å². The molecule has 1 aromatic heterocycles. The van der Waals surface area contributed by atoms with Gasteiger partial charge in [0.1, 0.15) is 0 Å². The zero-order valence-corrected chi connectivity index (χ0v) is 10.5. The Hall–Kier alpha value is -0.340. The van der Waals surface area contributed by atoms with Crippen LogP contribution in [0.15, 0.2) is 17.5 Å². The SMILES string of the molecule is CC(NC1CCCCC1C)c1cccs1. The highest BCUT2D eigenvalue weighted by Gasteiger charge is 2.22. The predicted octanol–water partition coefficient (Wildman–Crippen LogP) is 3.98. The van der Waals surface area contributed by atoms with E-state index in [1.165, 1.54) is 30.6 Å². The summed E-state index contributed by atoms with van der Waals surface area (Å²) in [5, 5.41) is 5.95. The molecule has 1 saturated carbocycles. The van der Waals surface area contributed by atoms with Crippen LogP contribution in [0.5, 0.6) is 0 Å². The van der Waals surface area contributed by atoms with Crippen LogP contribution in [0.2, 0.25) is 0 Å². The predicted molar refractivity (Wildman–Crippen MR) is 67.3 cm³/mol. The topological polar surface area (TPSA) is 12.0 Å². The molecule has 2 heteroatoms. The Labute approximate surface area is 96.9 Å². The Bertz CT molecular complexity index is 281. The van der Waals surface area contributed by atoms with Gasteiger partial charge in [0, 0.05) is 17.0 Å². The lowest BCUT2D eigenvalue weighted by Crippen LogP contribution is -2.38. The van der Waals surface area contributed by atoms with Gasteiger partial charge in [-0.25, -0.2) is 0 Å². The van der Waals surface area contributed by atoms with Gasteiger partial charge < -0.3 is 5.32 Å². The van der Waals surface area contributed by atoms with Crippen LogP contribution < -0.4 is 5.32 Å². The molecule has 1 aliphatic rings. The van der Waals surface area contributed by atoms with Gasteiger partial charge in [-0.2, -0.15) is 0 Å². The molecule has 0 saturated heterocycles. The number of hydrogen-bond donors (Lipinski definition) is 1. The Balaban J connectivity index is 1.90. The molecule has 3 unspecified atom stereocenters. The highest BCUT2D eigenvalue weighted by Crippen LogP contribution is 2.27. The lowest BCUT2D eigenvalue weighted by Gasteiger charge is -2.32. The van der Waals surface area contributed by atoms with Gasteiger partial charge in [-0.1, -0.05) is 25.8 Å². The molecule has 0 bridgehead atoms. The van der Waals surface area contributed by atoms with Crippen molar-refractivity contribution in [1.29, 1.82) is 0 Å². The lowest BCUT2D eigenvalue weighted by molar-refractivity contribution is 0.264. The summed E-state index contributed by atoms with van der Waals surface area (Å²) < 4.78 is 0. The minimum absolute atomic E-state index is 0.524. The first kappa shape index (κ1) is 11.2. The largest absolute Gasteiger partial charge is 0.306 e. The van der Waals surface area contributed by atoms with Gasteiger partial charge in [-0.3, -0.25) is 0 Å². The Morgan fingerprint density at radius 3 is 2.87 bits per heavy atom. The van der Waals surface area contributed by atoms with Gasteiger partial charge in [-0.15, -0.1) is 11.3 Å². The second kappa shape index (κ2) is 5.13. The van der Waals surface area contributed by atoms with E-state index < -0.39 is 0 Å². The van der Waals surface area contributed by atoms with E-state index in [2.05, 4.69) is 36.7 Å². The highest BCUT2D eigenvalue weighted by atomic mass is 32.1. The van der Waals surface area contributed by atoms with Crippen LogP contribution in [0.4, 0.5) is 0 Å². The van der Waals surface area contributed by atoms with E-state index in [1.807, 2.05) is 11.3 Å². The van der Waals surface area contributed by atoms with Crippen LogP contribution in [0.3, 0.4) is 0 Å². The van der Waals surface area contributed by atoms with Gasteiger partial charge in [0.15, 0.2) is 0 Å². The monoisotopic (exact) mass is 223 g/mol. The third kappa shape index (κ3) is 2.82. The summed E-state index contributed by atoms with van der Waals surface area (Å²) in [6.45, 7) is 4.67. The van der Waals surface area contributed by atoms with E-state index in [1.54, 1.807) is 0 Å². The number of hydrogen-bond acceptors (Lipinski definition) is 2. The maximum absolute atomic E-state index is 3.78. The van der Waals surface area contributed by atoms with Gasteiger partial charge in [0.2, 0.25) is 0 Å². The second-order valence-electron chi connectivity index (χ2n) is 4.77. The normalized spacial score (nSPS) is 28.9. The molecule has 1 fully saturated rings. The van der Waals surface area contributed by atoms with Crippen LogP contribution >= 0.6 is 11.3 Å². The summed E-state index contributed by atoms with van der Waals surface area (Å²) in [7, 11) is 0. The van der Waals surface area contributed by atoms with Crippen molar-refractivity contribution in [2.45, 2.75) is 51.6 Å². The molecule has 1 aromatic rings. The molecule has 1 aliphatic carbocycles. The standard InChI is InChI=1S/C13H21NS/c1-10-6-3-4-7-12(10)14-11(2)13-8-5-9-15-13/h5,8-12,14H,3-4,6-7H2,1-2H3. The Kier molecular flexibility index (Phi) is 3.81. The van der Waals surface area contributed by atoms with Crippen molar-refractivity contribution in [2.75, 3.05) is 0 Å². The summed E-state index contributed by atoms with van der Waals surface area (Å²) in [4.78, 5) is 1.47. The molecular formula is C13H21NS. The van der Waals surface area contributed by atoms with E-state index in [0.717, 1.165) is 12.0 Å². The first-order chi connectivity index (χ1) is 7.27. The quantitative estimate of drug-likeness (QED) is 0.817. The van der Waals surface area contributed by atoms with E-state index in [9.17, 15) is 0 Å². The molecule has 3 atom stereocenters. The van der Waals surface area contributed by atoms with E-state index in [-0.39, 0.29) is 0 Å². The second-order valence-corrected chi connectivity index (χ2v) is 5.75. The highest BCUT2D eigenvalue weighted by molar-refractivity contribution is 7.10. The van der Waals surface area contributed by atoms with Crippen LogP contribution in [0.25, 0.3) is 0 Å². The minimum atomic E-state index is 0.524. The van der Waals surface area contributed by atoms with Crippen molar-refractivity contribution >= 4 is 11.3 Å². The fraction of sp³-hybridized carbons (Fsp3) is 0.692. The number of rotatable bonds is 3. The van der Waals surface area contributed by atoms with Gasteiger partial charge in [0.25, 0.3) is 0 Å². The van der Waals surface area contributed by atoms with Crippen molar-refractivity contribution in [3.05, 3.63) is 22.4 Å². The summed E-state index contributed by atoms with van der Waals surface area (Å²) >= 11 is 1.86. The molecular weight excluding hydrogens is 202 g/mol. The van der Waals surface area contributed by atoms with Crippen molar-refractivity contribution in [1.82, 2.24) is 5.32 Å². The zero-order valence-electron chi connectivity index (χ0n) is 9.70. The molecule has 0 amide bonds. The third-order valence-corrected chi connectivity index (χ3v) is 4.60. The molecule has 0 spiro atoms. The number of thiophene rings is 1. The third-order valence-electron chi connectivity index (χ3n) is 3.55. The average Bonchev–Trinajstić information content (AvgIpc) is 2.74. The summed E-state index contributed by atoms with van der Waals surface area (Å²) in [6, 6.07) is 5.63. The lowest BCUT2D eigenvalue weighted by atomic mass is 9.85. The van der Waals surface area contributed by atoms with Crippen LogP contribution in [-0.2, 0) is 0 Å². The molecule has 2 rings (SSSR count). The minimum Gasteiger partial charge on any atom is -0.306 e. The summed E-state index contributed by atoms with van der Waals surface area (Å²) in [5.74, 6) is 0.848. The maximum Gasteiger partial charge on any atom is 0.0388 e. The molecule has 84 valence electrons. The van der Waals surface area contributed by atoms with E-state index >= 15 is 0 Å².